The van der Waals surface area contributed by atoms with E-state index in [4.69, 9.17) is 0 Å². The van der Waals surface area contributed by atoms with Gasteiger partial charge >= 0.3 is 5.97 Å². The largest absolute Gasteiger partial charge is 0.478 e. The summed E-state index contributed by atoms with van der Waals surface area (Å²) in [6, 6.07) is 5.82. The SMILES string of the molecule is O=C(O)C1=CC(C2CC2)C2=C(CC(F)C3=NN=C(c4ccc([N+](=O)[O-])cc4)CN32)C1=O. The summed E-state index contributed by atoms with van der Waals surface area (Å²) < 4.78 is 14.9. The summed E-state index contributed by atoms with van der Waals surface area (Å²) in [7, 11) is 0. The van der Waals surface area contributed by atoms with E-state index in [9.17, 15) is 29.2 Å². The van der Waals surface area contributed by atoms with Crippen LogP contribution < -0.4 is 0 Å². The van der Waals surface area contributed by atoms with Crippen molar-refractivity contribution in [2.24, 2.45) is 22.0 Å². The van der Waals surface area contributed by atoms with Crippen LogP contribution in [0.1, 0.15) is 24.8 Å². The summed E-state index contributed by atoms with van der Waals surface area (Å²) in [6.45, 7) is 0.142. The summed E-state index contributed by atoms with van der Waals surface area (Å²) in [5.74, 6) is -1.95. The molecule has 1 fully saturated rings. The summed E-state index contributed by atoms with van der Waals surface area (Å²) in [4.78, 5) is 36.5. The molecule has 0 aromatic heterocycles. The number of carbonyl (C=O) groups excluding carboxylic acids is 1. The molecule has 31 heavy (non-hydrogen) atoms. The molecule has 0 radical (unpaired) electrons. The number of carboxylic acid groups (broad SMARTS) is 1. The third-order valence-corrected chi connectivity index (χ3v) is 6.07. The Labute approximate surface area is 175 Å². The summed E-state index contributed by atoms with van der Waals surface area (Å²) in [5, 5.41) is 28.6. The van der Waals surface area contributed by atoms with Crippen LogP contribution in [0, 0.1) is 22.0 Å². The van der Waals surface area contributed by atoms with Gasteiger partial charge < -0.3 is 10.0 Å². The van der Waals surface area contributed by atoms with Gasteiger partial charge in [0, 0.05) is 41.3 Å². The molecule has 10 heteroatoms. The number of nitrogens with zero attached hydrogens (tertiary/aromatic N) is 4. The van der Waals surface area contributed by atoms with Gasteiger partial charge in [0.1, 0.15) is 5.57 Å². The minimum Gasteiger partial charge on any atom is -0.478 e. The minimum atomic E-state index is -1.57. The number of halogens is 1. The van der Waals surface area contributed by atoms with Gasteiger partial charge in [-0.05, 0) is 30.9 Å². The Bertz CT molecular complexity index is 1150. The van der Waals surface area contributed by atoms with E-state index >= 15 is 0 Å². The predicted molar refractivity (Wildman–Crippen MR) is 107 cm³/mol. The fraction of sp³-hybridized carbons (Fsp3) is 0.333. The second-order valence-electron chi connectivity index (χ2n) is 8.01. The van der Waals surface area contributed by atoms with E-state index < -0.39 is 22.8 Å². The molecular formula is C21H17FN4O5. The fourth-order valence-electron chi connectivity index (χ4n) is 4.40. The molecule has 5 rings (SSSR count). The Morgan fingerprint density at radius 1 is 1.23 bits per heavy atom. The van der Waals surface area contributed by atoms with Gasteiger partial charge in [0.25, 0.3) is 5.69 Å². The van der Waals surface area contributed by atoms with E-state index in [0.29, 0.717) is 17.0 Å². The number of benzene rings is 1. The van der Waals surface area contributed by atoms with E-state index in [2.05, 4.69) is 10.2 Å². The second-order valence-corrected chi connectivity index (χ2v) is 8.01. The van der Waals surface area contributed by atoms with Crippen molar-refractivity contribution in [1.82, 2.24) is 4.90 Å². The lowest BCUT2D eigenvalue weighted by Crippen LogP contribution is -2.49. The number of ketones is 1. The van der Waals surface area contributed by atoms with Gasteiger partial charge in [0.15, 0.2) is 17.8 Å². The number of rotatable bonds is 4. The lowest BCUT2D eigenvalue weighted by Gasteiger charge is -2.41. The number of allylic oxidation sites excluding steroid dienone is 2. The van der Waals surface area contributed by atoms with Gasteiger partial charge in [-0.3, -0.25) is 14.9 Å². The molecule has 1 aromatic carbocycles. The van der Waals surface area contributed by atoms with E-state index in [1.165, 1.54) is 18.2 Å². The normalized spacial score (nSPS) is 25.3. The average Bonchev–Trinajstić information content (AvgIpc) is 3.59. The number of non-ortho nitro benzene ring substituents is 1. The van der Waals surface area contributed by atoms with Crippen molar-refractivity contribution in [3.8, 4) is 0 Å². The number of alkyl halides is 1. The first-order chi connectivity index (χ1) is 14.8. The van der Waals surface area contributed by atoms with Crippen molar-refractivity contribution in [3.05, 3.63) is 62.9 Å². The molecule has 2 heterocycles. The lowest BCUT2D eigenvalue weighted by atomic mass is 9.79. The van der Waals surface area contributed by atoms with Gasteiger partial charge in [-0.15, -0.1) is 5.10 Å². The third-order valence-electron chi connectivity index (χ3n) is 6.07. The maximum absolute atomic E-state index is 14.9. The molecule has 0 spiro atoms. The number of hydrogen-bond donors (Lipinski definition) is 1. The van der Waals surface area contributed by atoms with Crippen molar-refractivity contribution in [1.29, 1.82) is 0 Å². The molecule has 2 atom stereocenters. The van der Waals surface area contributed by atoms with Crippen molar-refractivity contribution >= 4 is 29.0 Å². The standard InChI is InChI=1S/C21H17FN4O5/c22-16-8-14-18(13(10-1-2-10)7-15(19(14)27)21(28)29)25-9-17(23-24-20(16)25)11-3-5-12(6-4-11)26(30)31/h3-7,10,13,16H,1-2,8-9H2,(H,28,29). The highest BCUT2D eigenvalue weighted by molar-refractivity contribution is 6.25. The number of fused-ring (bicyclic) bond motifs is 2. The number of nitro benzene ring substituents is 1. The molecule has 2 unspecified atom stereocenters. The van der Waals surface area contributed by atoms with Crippen molar-refractivity contribution in [3.63, 3.8) is 0 Å². The van der Waals surface area contributed by atoms with Crippen LogP contribution in [0.25, 0.3) is 0 Å². The highest BCUT2D eigenvalue weighted by Gasteiger charge is 2.47. The predicted octanol–water partition coefficient (Wildman–Crippen LogP) is 2.63. The quantitative estimate of drug-likeness (QED) is 0.450. The van der Waals surface area contributed by atoms with Gasteiger partial charge in [0.2, 0.25) is 0 Å². The van der Waals surface area contributed by atoms with E-state index in [0.717, 1.165) is 12.8 Å². The van der Waals surface area contributed by atoms with Crippen LogP contribution in [0.4, 0.5) is 10.1 Å². The van der Waals surface area contributed by atoms with Crippen molar-refractivity contribution < 1.29 is 24.0 Å². The fourth-order valence-corrected chi connectivity index (χ4v) is 4.40. The topological polar surface area (TPSA) is 125 Å². The Morgan fingerprint density at radius 3 is 2.55 bits per heavy atom. The molecule has 1 aromatic rings. The van der Waals surface area contributed by atoms with Crippen LogP contribution in [-0.4, -0.2) is 50.9 Å². The Balaban J connectivity index is 1.54. The van der Waals surface area contributed by atoms with Crippen molar-refractivity contribution in [2.45, 2.75) is 25.4 Å². The summed E-state index contributed by atoms with van der Waals surface area (Å²) in [5.41, 5.74) is 1.52. The number of Topliss-reactive ketones (excluding diaryl/α,β-unsaturated/α-hetero) is 1. The number of aliphatic carboxylic acids is 1. The second kappa shape index (κ2) is 6.93. The van der Waals surface area contributed by atoms with Gasteiger partial charge in [-0.2, -0.15) is 5.10 Å². The zero-order valence-corrected chi connectivity index (χ0v) is 16.2. The zero-order valence-electron chi connectivity index (χ0n) is 16.2. The first-order valence-electron chi connectivity index (χ1n) is 9.89. The molecule has 1 saturated carbocycles. The molecule has 0 bridgehead atoms. The molecule has 0 saturated heterocycles. The summed E-state index contributed by atoms with van der Waals surface area (Å²) >= 11 is 0. The highest BCUT2D eigenvalue weighted by Crippen LogP contribution is 2.48. The monoisotopic (exact) mass is 424 g/mol. The maximum Gasteiger partial charge on any atom is 0.339 e. The van der Waals surface area contributed by atoms with Crippen LogP contribution in [-0.2, 0) is 9.59 Å². The first kappa shape index (κ1) is 19.3. The molecule has 9 nitrogen and oxygen atoms in total. The Hall–Kier alpha value is -3.69. The zero-order chi connectivity index (χ0) is 21.9. The maximum atomic E-state index is 14.9. The molecular weight excluding hydrogens is 407 g/mol. The lowest BCUT2D eigenvalue weighted by molar-refractivity contribution is -0.384. The van der Waals surface area contributed by atoms with Gasteiger partial charge in [-0.25, -0.2) is 9.18 Å². The highest BCUT2D eigenvalue weighted by atomic mass is 19.1. The number of carboxylic acids is 1. The van der Waals surface area contributed by atoms with Crippen LogP contribution in [0.15, 0.2) is 57.4 Å². The van der Waals surface area contributed by atoms with Gasteiger partial charge in [0.05, 0.1) is 17.2 Å². The van der Waals surface area contributed by atoms with E-state index in [1.807, 2.05) is 0 Å². The molecule has 4 aliphatic rings. The smallest absolute Gasteiger partial charge is 0.339 e. The average molecular weight is 424 g/mol. The molecule has 2 aliphatic carbocycles. The van der Waals surface area contributed by atoms with Crippen LogP contribution in [0.5, 0.6) is 0 Å². The Kier molecular flexibility index (Phi) is 4.31. The molecule has 1 N–H and O–H groups in total. The Morgan fingerprint density at radius 2 is 1.94 bits per heavy atom. The first-order valence-corrected chi connectivity index (χ1v) is 9.89. The van der Waals surface area contributed by atoms with Crippen LogP contribution in [0.3, 0.4) is 0 Å². The van der Waals surface area contributed by atoms with Crippen LogP contribution in [0.2, 0.25) is 0 Å². The van der Waals surface area contributed by atoms with E-state index in [1.54, 1.807) is 17.0 Å². The number of amidine groups is 1. The number of carbonyl (C=O) groups is 2. The molecule has 2 aliphatic heterocycles. The molecule has 158 valence electrons. The minimum absolute atomic E-state index is 0.0610. The van der Waals surface area contributed by atoms with Crippen LogP contribution >= 0.6 is 0 Å². The number of nitro groups is 1. The van der Waals surface area contributed by atoms with E-state index in [-0.39, 0.29) is 47.5 Å². The molecule has 0 amide bonds. The summed E-state index contributed by atoms with van der Waals surface area (Å²) in [6.07, 6.45) is 1.51. The number of hydrogen-bond acceptors (Lipinski definition) is 7. The van der Waals surface area contributed by atoms with Gasteiger partial charge in [-0.1, -0.05) is 6.08 Å². The third kappa shape index (κ3) is 3.15. The van der Waals surface area contributed by atoms with Crippen molar-refractivity contribution in [2.75, 3.05) is 6.54 Å².